The lowest BCUT2D eigenvalue weighted by Crippen LogP contribution is -1.89. The SMILES string of the molecule is CCc1ccsc1-c1[nH]nc(N)c1-c1ccc(Cl)cc1. The van der Waals surface area contributed by atoms with Gasteiger partial charge in [0.15, 0.2) is 5.82 Å². The Bertz CT molecular complexity index is 728. The smallest absolute Gasteiger partial charge is 0.153 e. The minimum absolute atomic E-state index is 0.512. The van der Waals surface area contributed by atoms with Crippen LogP contribution in [0.25, 0.3) is 21.7 Å². The minimum Gasteiger partial charge on any atom is -0.382 e. The van der Waals surface area contributed by atoms with Gasteiger partial charge in [0, 0.05) is 5.02 Å². The fourth-order valence-electron chi connectivity index (χ4n) is 2.26. The molecule has 3 rings (SSSR count). The van der Waals surface area contributed by atoms with Gasteiger partial charge in [-0.2, -0.15) is 5.10 Å². The molecule has 0 saturated heterocycles. The van der Waals surface area contributed by atoms with Crippen LogP contribution in [-0.4, -0.2) is 10.2 Å². The summed E-state index contributed by atoms with van der Waals surface area (Å²) in [6, 6.07) is 9.80. The van der Waals surface area contributed by atoms with E-state index in [2.05, 4.69) is 28.6 Å². The van der Waals surface area contributed by atoms with E-state index in [9.17, 15) is 0 Å². The standard InChI is InChI=1S/C15H14ClN3S/c1-2-9-7-8-20-14(9)13-12(15(17)19-18-13)10-3-5-11(16)6-4-10/h3-8H,2H2,1H3,(H3,17,18,19). The number of nitrogen functional groups attached to an aromatic ring is 1. The second-order valence-corrected chi connectivity index (χ2v) is 5.85. The van der Waals surface area contributed by atoms with Crippen LogP contribution in [0.1, 0.15) is 12.5 Å². The van der Waals surface area contributed by atoms with Crippen LogP contribution in [0.3, 0.4) is 0 Å². The van der Waals surface area contributed by atoms with Gasteiger partial charge in [-0.15, -0.1) is 11.3 Å². The summed E-state index contributed by atoms with van der Waals surface area (Å²) in [5, 5.41) is 10.0. The summed E-state index contributed by atoms with van der Waals surface area (Å²) >= 11 is 7.65. The number of aromatic nitrogens is 2. The fraction of sp³-hybridized carbons (Fsp3) is 0.133. The maximum Gasteiger partial charge on any atom is 0.153 e. The van der Waals surface area contributed by atoms with Gasteiger partial charge in [0.05, 0.1) is 16.1 Å². The Morgan fingerprint density at radius 1 is 1.25 bits per heavy atom. The number of hydrogen-bond donors (Lipinski definition) is 2. The van der Waals surface area contributed by atoms with Gasteiger partial charge in [-0.1, -0.05) is 30.7 Å². The van der Waals surface area contributed by atoms with Crippen molar-refractivity contribution >= 4 is 28.8 Å². The molecule has 0 bridgehead atoms. The Kier molecular flexibility index (Phi) is 3.51. The zero-order valence-corrected chi connectivity index (χ0v) is 12.6. The van der Waals surface area contributed by atoms with Crippen molar-refractivity contribution in [3.05, 3.63) is 46.3 Å². The van der Waals surface area contributed by atoms with Crippen molar-refractivity contribution in [2.45, 2.75) is 13.3 Å². The van der Waals surface area contributed by atoms with Gasteiger partial charge in [-0.3, -0.25) is 5.10 Å². The predicted molar refractivity (Wildman–Crippen MR) is 86.1 cm³/mol. The lowest BCUT2D eigenvalue weighted by atomic mass is 10.0. The molecule has 0 fully saturated rings. The Morgan fingerprint density at radius 3 is 2.70 bits per heavy atom. The number of aryl methyl sites for hydroxylation is 1. The van der Waals surface area contributed by atoms with Crippen molar-refractivity contribution in [3.63, 3.8) is 0 Å². The molecule has 0 aliphatic heterocycles. The number of anilines is 1. The molecule has 5 heteroatoms. The molecule has 3 aromatic rings. The molecule has 20 heavy (non-hydrogen) atoms. The molecule has 0 aliphatic carbocycles. The van der Waals surface area contributed by atoms with Gasteiger partial charge in [-0.25, -0.2) is 0 Å². The molecule has 0 saturated carbocycles. The average molecular weight is 304 g/mol. The van der Waals surface area contributed by atoms with E-state index in [0.29, 0.717) is 10.8 Å². The lowest BCUT2D eigenvalue weighted by Gasteiger charge is -2.05. The predicted octanol–water partition coefficient (Wildman–Crippen LogP) is 4.60. The highest BCUT2D eigenvalue weighted by Crippen LogP contribution is 2.39. The first-order valence-electron chi connectivity index (χ1n) is 6.37. The second-order valence-electron chi connectivity index (χ2n) is 4.49. The monoisotopic (exact) mass is 303 g/mol. The highest BCUT2D eigenvalue weighted by molar-refractivity contribution is 7.13. The fourth-order valence-corrected chi connectivity index (χ4v) is 3.39. The molecule has 102 valence electrons. The van der Waals surface area contributed by atoms with Crippen molar-refractivity contribution in [1.29, 1.82) is 0 Å². The first kappa shape index (κ1) is 13.2. The second kappa shape index (κ2) is 5.31. The first-order chi connectivity index (χ1) is 9.70. The van der Waals surface area contributed by atoms with Crippen LogP contribution in [0.5, 0.6) is 0 Å². The van der Waals surface area contributed by atoms with Crippen molar-refractivity contribution in [1.82, 2.24) is 10.2 Å². The number of halogens is 1. The Balaban J connectivity index is 2.17. The highest BCUT2D eigenvalue weighted by atomic mass is 35.5. The largest absolute Gasteiger partial charge is 0.382 e. The van der Waals surface area contributed by atoms with Crippen LogP contribution in [0.2, 0.25) is 5.02 Å². The summed E-state index contributed by atoms with van der Waals surface area (Å²) in [4.78, 5) is 1.20. The lowest BCUT2D eigenvalue weighted by molar-refractivity contribution is 1.10. The maximum absolute atomic E-state index is 6.04. The Labute approximate surface area is 126 Å². The van der Waals surface area contributed by atoms with Crippen molar-refractivity contribution in [2.24, 2.45) is 0 Å². The van der Waals surface area contributed by atoms with Crippen molar-refractivity contribution in [2.75, 3.05) is 5.73 Å². The van der Waals surface area contributed by atoms with Crippen LogP contribution in [0.15, 0.2) is 35.7 Å². The molecule has 2 aromatic heterocycles. The van der Waals surface area contributed by atoms with Crippen LogP contribution in [-0.2, 0) is 6.42 Å². The van der Waals surface area contributed by atoms with E-state index in [-0.39, 0.29) is 0 Å². The van der Waals surface area contributed by atoms with E-state index in [1.807, 2.05) is 24.3 Å². The zero-order chi connectivity index (χ0) is 14.1. The van der Waals surface area contributed by atoms with Gasteiger partial charge in [-0.05, 0) is 41.1 Å². The molecule has 0 aliphatic rings. The van der Waals surface area contributed by atoms with E-state index in [1.165, 1.54) is 10.4 Å². The van der Waals surface area contributed by atoms with Crippen LogP contribution in [0, 0.1) is 0 Å². The Hall–Kier alpha value is -1.78. The molecular formula is C15H14ClN3S. The third-order valence-corrected chi connectivity index (χ3v) is 4.51. The Morgan fingerprint density at radius 2 is 2.00 bits per heavy atom. The van der Waals surface area contributed by atoms with E-state index in [4.69, 9.17) is 17.3 Å². The number of aromatic amines is 1. The number of thiophene rings is 1. The van der Waals surface area contributed by atoms with E-state index >= 15 is 0 Å². The molecule has 0 atom stereocenters. The summed E-state index contributed by atoms with van der Waals surface area (Å²) in [7, 11) is 0. The normalized spacial score (nSPS) is 10.9. The number of H-pyrrole nitrogens is 1. The maximum atomic E-state index is 6.04. The molecule has 0 unspecified atom stereocenters. The minimum atomic E-state index is 0.512. The summed E-state index contributed by atoms with van der Waals surface area (Å²) in [5.74, 6) is 0.512. The van der Waals surface area contributed by atoms with Gasteiger partial charge in [0.1, 0.15) is 0 Å². The van der Waals surface area contributed by atoms with Crippen LogP contribution < -0.4 is 5.73 Å². The summed E-state index contributed by atoms with van der Waals surface area (Å²) in [6.45, 7) is 2.15. The van der Waals surface area contributed by atoms with E-state index < -0.39 is 0 Å². The van der Waals surface area contributed by atoms with Crippen molar-refractivity contribution in [3.8, 4) is 21.7 Å². The van der Waals surface area contributed by atoms with Crippen LogP contribution >= 0.6 is 22.9 Å². The van der Waals surface area contributed by atoms with E-state index in [0.717, 1.165) is 23.2 Å². The quantitative estimate of drug-likeness (QED) is 0.742. The summed E-state index contributed by atoms with van der Waals surface area (Å²) in [6.07, 6.45) is 0.984. The summed E-state index contributed by atoms with van der Waals surface area (Å²) < 4.78 is 0. The molecular weight excluding hydrogens is 290 g/mol. The number of nitrogens with one attached hydrogen (secondary N) is 1. The number of hydrogen-bond acceptors (Lipinski definition) is 3. The molecule has 3 nitrogen and oxygen atoms in total. The number of nitrogens with zero attached hydrogens (tertiary/aromatic N) is 1. The van der Waals surface area contributed by atoms with E-state index in [1.54, 1.807) is 11.3 Å². The van der Waals surface area contributed by atoms with Gasteiger partial charge in [0.2, 0.25) is 0 Å². The summed E-state index contributed by atoms with van der Waals surface area (Å²) in [5.41, 5.74) is 10.3. The first-order valence-corrected chi connectivity index (χ1v) is 7.63. The van der Waals surface area contributed by atoms with Crippen molar-refractivity contribution < 1.29 is 0 Å². The van der Waals surface area contributed by atoms with Gasteiger partial charge >= 0.3 is 0 Å². The molecule has 0 amide bonds. The number of nitrogens with two attached hydrogens (primary N) is 1. The molecule has 2 heterocycles. The molecule has 0 spiro atoms. The third-order valence-electron chi connectivity index (χ3n) is 3.28. The average Bonchev–Trinajstić information content (AvgIpc) is 3.05. The van der Waals surface area contributed by atoms with Gasteiger partial charge < -0.3 is 5.73 Å². The third kappa shape index (κ3) is 2.21. The molecule has 0 radical (unpaired) electrons. The van der Waals surface area contributed by atoms with Crippen LogP contribution in [0.4, 0.5) is 5.82 Å². The van der Waals surface area contributed by atoms with Gasteiger partial charge in [0.25, 0.3) is 0 Å². The number of benzene rings is 1. The molecule has 1 aromatic carbocycles. The topological polar surface area (TPSA) is 54.7 Å². The number of rotatable bonds is 3. The highest BCUT2D eigenvalue weighted by Gasteiger charge is 2.17. The zero-order valence-electron chi connectivity index (χ0n) is 11.0. The molecule has 3 N–H and O–H groups in total.